The van der Waals surface area contributed by atoms with Crippen LogP contribution in [0.5, 0.6) is 0 Å². The fraction of sp³-hybridized carbons (Fsp3) is 0.350. The Labute approximate surface area is 167 Å². The van der Waals surface area contributed by atoms with Gasteiger partial charge in [0.2, 0.25) is 0 Å². The molecular weight excluding hydrogens is 376 g/mol. The molecule has 1 fully saturated rings. The zero-order valence-corrected chi connectivity index (χ0v) is 16.2. The van der Waals surface area contributed by atoms with E-state index >= 15 is 0 Å². The zero-order chi connectivity index (χ0) is 19.3. The van der Waals surface area contributed by atoms with E-state index in [1.807, 2.05) is 30.3 Å². The lowest BCUT2D eigenvalue weighted by molar-refractivity contribution is -0.0326. The summed E-state index contributed by atoms with van der Waals surface area (Å²) in [6, 6.07) is 9.78. The molecule has 0 aromatic carbocycles. The topological polar surface area (TPSA) is 87.6 Å². The molecule has 0 radical (unpaired) electrons. The highest BCUT2D eigenvalue weighted by Crippen LogP contribution is 2.37. The highest BCUT2D eigenvalue weighted by molar-refractivity contribution is 7.20. The normalized spacial score (nSPS) is 17.7. The van der Waals surface area contributed by atoms with Crippen molar-refractivity contribution in [2.24, 2.45) is 0 Å². The number of thiophene rings is 1. The third kappa shape index (κ3) is 4.05. The predicted molar refractivity (Wildman–Crippen MR) is 107 cm³/mol. The maximum atomic E-state index is 12.7. The molecule has 28 heavy (non-hydrogen) atoms. The van der Waals surface area contributed by atoms with Gasteiger partial charge in [-0.2, -0.15) is 0 Å². The largest absolute Gasteiger partial charge is 0.395 e. The van der Waals surface area contributed by atoms with E-state index in [-0.39, 0.29) is 25.2 Å². The number of fused-ring (bicyclic) bond motifs is 1. The maximum absolute atomic E-state index is 12.7. The van der Waals surface area contributed by atoms with Gasteiger partial charge in [-0.15, -0.1) is 11.3 Å². The number of hydrogen-bond donors (Lipinski definition) is 2. The average molecular weight is 398 g/mol. The summed E-state index contributed by atoms with van der Waals surface area (Å²) in [7, 11) is 0. The second-order valence-corrected chi connectivity index (χ2v) is 7.60. The molecule has 2 N–H and O–H groups in total. The molecule has 1 aliphatic rings. The fourth-order valence-corrected chi connectivity index (χ4v) is 4.54. The van der Waals surface area contributed by atoms with Gasteiger partial charge in [-0.05, 0) is 18.2 Å². The van der Waals surface area contributed by atoms with Gasteiger partial charge in [0.25, 0.3) is 5.91 Å². The number of morpholine rings is 1. The Morgan fingerprint density at radius 3 is 3.00 bits per heavy atom. The Kier molecular flexibility index (Phi) is 5.92. The number of aliphatic hydroxyl groups excluding tert-OH is 1. The molecule has 1 aliphatic heterocycles. The first-order chi connectivity index (χ1) is 13.8. The second-order valence-electron chi connectivity index (χ2n) is 6.60. The standard InChI is InChI=1S/C20H22N4O3S/c25-10-8-22-19(26)18-17(15-5-3-7-23-20(15)28-18)16-13-24(9-11-27-16)12-14-4-1-2-6-21-14/h1-7,16,25H,8-13H2,(H,22,26)/t16-/m1/s1. The first-order valence-corrected chi connectivity index (χ1v) is 10.1. The molecule has 8 heteroatoms. The summed E-state index contributed by atoms with van der Waals surface area (Å²) in [4.78, 5) is 25.2. The van der Waals surface area contributed by atoms with Crippen molar-refractivity contribution in [2.75, 3.05) is 32.8 Å². The van der Waals surface area contributed by atoms with Crippen LogP contribution in [0.2, 0.25) is 0 Å². The van der Waals surface area contributed by atoms with Crippen molar-refractivity contribution in [1.82, 2.24) is 20.2 Å². The van der Waals surface area contributed by atoms with Crippen LogP contribution < -0.4 is 5.32 Å². The van der Waals surface area contributed by atoms with Gasteiger partial charge < -0.3 is 15.2 Å². The number of aromatic nitrogens is 2. The summed E-state index contributed by atoms with van der Waals surface area (Å²) in [6.07, 6.45) is 3.31. The van der Waals surface area contributed by atoms with Crippen LogP contribution in [-0.4, -0.2) is 58.7 Å². The lowest BCUT2D eigenvalue weighted by Crippen LogP contribution is -2.38. The van der Waals surface area contributed by atoms with E-state index in [4.69, 9.17) is 9.84 Å². The van der Waals surface area contributed by atoms with Crippen LogP contribution >= 0.6 is 11.3 Å². The van der Waals surface area contributed by atoms with Gasteiger partial charge >= 0.3 is 0 Å². The van der Waals surface area contributed by atoms with E-state index < -0.39 is 0 Å². The monoisotopic (exact) mass is 398 g/mol. The molecule has 3 aromatic heterocycles. The molecule has 0 spiro atoms. The maximum Gasteiger partial charge on any atom is 0.261 e. The second kappa shape index (κ2) is 8.74. The predicted octanol–water partition coefficient (Wildman–Crippen LogP) is 1.99. The number of ether oxygens (including phenoxy) is 1. The van der Waals surface area contributed by atoms with Crippen LogP contribution in [-0.2, 0) is 11.3 Å². The van der Waals surface area contributed by atoms with Crippen LogP contribution in [0.25, 0.3) is 10.2 Å². The summed E-state index contributed by atoms with van der Waals surface area (Å²) in [6.45, 7) is 2.95. The zero-order valence-electron chi connectivity index (χ0n) is 15.4. The van der Waals surface area contributed by atoms with Crippen molar-refractivity contribution in [1.29, 1.82) is 0 Å². The van der Waals surface area contributed by atoms with E-state index in [0.29, 0.717) is 18.0 Å². The number of amides is 1. The van der Waals surface area contributed by atoms with Gasteiger partial charge in [0.1, 0.15) is 9.71 Å². The molecule has 1 atom stereocenters. The van der Waals surface area contributed by atoms with E-state index in [2.05, 4.69) is 20.2 Å². The first-order valence-electron chi connectivity index (χ1n) is 9.26. The summed E-state index contributed by atoms with van der Waals surface area (Å²) >= 11 is 1.37. The molecule has 0 saturated carbocycles. The van der Waals surface area contributed by atoms with Crippen LogP contribution in [0.3, 0.4) is 0 Å². The molecule has 1 saturated heterocycles. The van der Waals surface area contributed by atoms with Gasteiger partial charge in [-0.25, -0.2) is 4.98 Å². The highest BCUT2D eigenvalue weighted by atomic mass is 32.1. The Balaban J connectivity index is 1.62. The Morgan fingerprint density at radius 1 is 1.29 bits per heavy atom. The van der Waals surface area contributed by atoms with Crippen molar-refractivity contribution in [2.45, 2.75) is 12.6 Å². The van der Waals surface area contributed by atoms with Crippen molar-refractivity contribution in [3.05, 3.63) is 58.9 Å². The third-order valence-electron chi connectivity index (χ3n) is 4.69. The number of hydrogen-bond acceptors (Lipinski definition) is 7. The molecule has 146 valence electrons. The molecule has 7 nitrogen and oxygen atoms in total. The van der Waals surface area contributed by atoms with Crippen LogP contribution in [0.15, 0.2) is 42.7 Å². The SMILES string of the molecule is O=C(NCCO)c1sc2ncccc2c1[C@H]1CN(Cc2ccccn2)CCO1. The number of nitrogens with zero attached hydrogens (tertiary/aromatic N) is 3. The average Bonchev–Trinajstić information content (AvgIpc) is 3.13. The lowest BCUT2D eigenvalue weighted by Gasteiger charge is -2.33. The van der Waals surface area contributed by atoms with E-state index in [9.17, 15) is 4.79 Å². The van der Waals surface area contributed by atoms with Gasteiger partial charge in [0, 0.05) is 49.5 Å². The van der Waals surface area contributed by atoms with Crippen LogP contribution in [0.1, 0.15) is 27.0 Å². The highest BCUT2D eigenvalue weighted by Gasteiger charge is 2.30. The van der Waals surface area contributed by atoms with Crippen molar-refractivity contribution in [3.63, 3.8) is 0 Å². The van der Waals surface area contributed by atoms with E-state index in [1.165, 1.54) is 11.3 Å². The lowest BCUT2D eigenvalue weighted by atomic mass is 10.0. The molecule has 3 aromatic rings. The minimum atomic E-state index is -0.217. The van der Waals surface area contributed by atoms with Crippen molar-refractivity contribution >= 4 is 27.5 Å². The fourth-order valence-electron chi connectivity index (χ4n) is 3.43. The van der Waals surface area contributed by atoms with E-state index in [0.717, 1.165) is 34.6 Å². The quantitative estimate of drug-likeness (QED) is 0.660. The molecule has 4 heterocycles. The molecule has 0 bridgehead atoms. The van der Waals surface area contributed by atoms with Crippen LogP contribution in [0, 0.1) is 0 Å². The summed E-state index contributed by atoms with van der Waals surface area (Å²) in [5, 5.41) is 12.7. The third-order valence-corrected chi connectivity index (χ3v) is 5.82. The molecule has 0 aliphatic carbocycles. The smallest absolute Gasteiger partial charge is 0.261 e. The number of nitrogens with one attached hydrogen (secondary N) is 1. The van der Waals surface area contributed by atoms with Crippen LogP contribution in [0.4, 0.5) is 0 Å². The van der Waals surface area contributed by atoms with Gasteiger partial charge in [-0.3, -0.25) is 14.7 Å². The number of aliphatic hydroxyl groups is 1. The van der Waals surface area contributed by atoms with Gasteiger partial charge in [0.05, 0.1) is 25.0 Å². The molecule has 4 rings (SSSR count). The molecular formula is C20H22N4O3S. The Bertz CT molecular complexity index is 947. The minimum Gasteiger partial charge on any atom is -0.395 e. The Morgan fingerprint density at radius 2 is 2.18 bits per heavy atom. The van der Waals surface area contributed by atoms with Gasteiger partial charge in [-0.1, -0.05) is 12.1 Å². The molecule has 0 unspecified atom stereocenters. The number of carbonyl (C=O) groups excluding carboxylic acids is 1. The van der Waals surface area contributed by atoms with Crippen molar-refractivity contribution in [3.8, 4) is 0 Å². The first kappa shape index (κ1) is 18.9. The number of pyridine rings is 2. The summed E-state index contributed by atoms with van der Waals surface area (Å²) in [5.41, 5.74) is 1.90. The number of carbonyl (C=O) groups is 1. The van der Waals surface area contributed by atoms with Crippen molar-refractivity contribution < 1.29 is 14.6 Å². The number of rotatable bonds is 6. The minimum absolute atomic E-state index is 0.0952. The van der Waals surface area contributed by atoms with Gasteiger partial charge in [0.15, 0.2) is 0 Å². The summed E-state index contributed by atoms with van der Waals surface area (Å²) in [5.74, 6) is -0.197. The summed E-state index contributed by atoms with van der Waals surface area (Å²) < 4.78 is 6.08. The molecule has 1 amide bonds. The Hall–Kier alpha value is -2.39. The van der Waals surface area contributed by atoms with E-state index in [1.54, 1.807) is 12.4 Å².